The van der Waals surface area contributed by atoms with Gasteiger partial charge in [-0.25, -0.2) is 4.39 Å². The van der Waals surface area contributed by atoms with E-state index in [-0.39, 0.29) is 12.4 Å². The second-order valence-electron chi connectivity index (χ2n) is 5.64. The van der Waals surface area contributed by atoms with Crippen molar-refractivity contribution in [1.82, 2.24) is 5.32 Å². The zero-order valence-electron chi connectivity index (χ0n) is 13.0. The van der Waals surface area contributed by atoms with Crippen LogP contribution >= 0.6 is 0 Å². The molecule has 24 heavy (non-hydrogen) atoms. The van der Waals surface area contributed by atoms with Crippen LogP contribution in [0.15, 0.2) is 53.5 Å². The zero-order valence-corrected chi connectivity index (χ0v) is 13.0. The number of nitrogens with one attached hydrogen (secondary N) is 1. The lowest BCUT2D eigenvalue weighted by Gasteiger charge is -2.37. The Labute approximate surface area is 139 Å². The largest absolute Gasteiger partial charge is 0.479 e. The highest BCUT2D eigenvalue weighted by atomic mass is 19.1. The van der Waals surface area contributed by atoms with Crippen LogP contribution in [-0.4, -0.2) is 31.3 Å². The Kier molecular flexibility index (Phi) is 3.82. The molecule has 6 heteroatoms. The zero-order chi connectivity index (χ0) is 16.4. The van der Waals surface area contributed by atoms with Crippen molar-refractivity contribution in [2.75, 3.05) is 19.7 Å². The molecule has 2 aliphatic heterocycles. The van der Waals surface area contributed by atoms with Gasteiger partial charge in [-0.05, 0) is 17.7 Å². The van der Waals surface area contributed by atoms with Crippen LogP contribution in [0, 0.1) is 5.82 Å². The minimum Gasteiger partial charge on any atom is -0.479 e. The van der Waals surface area contributed by atoms with Gasteiger partial charge in [-0.2, -0.15) is 0 Å². The monoisotopic (exact) mass is 328 g/mol. The highest BCUT2D eigenvalue weighted by Crippen LogP contribution is 2.38. The van der Waals surface area contributed by atoms with Gasteiger partial charge in [-0.15, -0.1) is 0 Å². The molecule has 1 N–H and O–H groups in total. The molecule has 0 amide bonds. The molecule has 0 aliphatic carbocycles. The highest BCUT2D eigenvalue weighted by Gasteiger charge is 2.46. The highest BCUT2D eigenvalue weighted by molar-refractivity contribution is 5.91. The summed E-state index contributed by atoms with van der Waals surface area (Å²) >= 11 is 0. The number of fused-ring (bicyclic) bond motifs is 1. The van der Waals surface area contributed by atoms with Crippen LogP contribution < -0.4 is 14.8 Å². The Morgan fingerprint density at radius 1 is 1.17 bits per heavy atom. The number of rotatable bonds is 4. The van der Waals surface area contributed by atoms with Crippen molar-refractivity contribution in [1.29, 1.82) is 0 Å². The lowest BCUT2D eigenvalue weighted by atomic mass is 10.2. The summed E-state index contributed by atoms with van der Waals surface area (Å²) in [4.78, 5) is 4.42. The summed E-state index contributed by atoms with van der Waals surface area (Å²) < 4.78 is 31.6. The third-order valence-corrected chi connectivity index (χ3v) is 3.96. The van der Waals surface area contributed by atoms with Crippen molar-refractivity contribution in [2.24, 2.45) is 4.99 Å². The van der Waals surface area contributed by atoms with Crippen molar-refractivity contribution < 1.29 is 18.6 Å². The lowest BCUT2D eigenvalue weighted by Crippen LogP contribution is -2.57. The first kappa shape index (κ1) is 15.0. The standard InChI is InChI=1S/C18H17FN2O3/c19-14-7-4-8-15-16(14)22-12-18(24-15,17-20-9-10-21-17)23-11-13-5-2-1-3-6-13/h1-8H,9-12H2,(H,20,21). The van der Waals surface area contributed by atoms with Gasteiger partial charge in [0.25, 0.3) is 0 Å². The van der Waals surface area contributed by atoms with E-state index in [1.807, 2.05) is 30.3 Å². The molecular weight excluding hydrogens is 311 g/mol. The topological polar surface area (TPSA) is 52.1 Å². The van der Waals surface area contributed by atoms with Gasteiger partial charge in [-0.1, -0.05) is 36.4 Å². The van der Waals surface area contributed by atoms with E-state index in [1.165, 1.54) is 6.07 Å². The maximum atomic E-state index is 13.9. The van der Waals surface area contributed by atoms with Gasteiger partial charge in [0.05, 0.1) is 13.2 Å². The minimum absolute atomic E-state index is 0.0274. The fourth-order valence-corrected chi connectivity index (χ4v) is 2.77. The maximum Gasteiger partial charge on any atom is 0.304 e. The Morgan fingerprint density at radius 2 is 2.04 bits per heavy atom. The predicted octanol–water partition coefficient (Wildman–Crippen LogP) is 2.51. The van der Waals surface area contributed by atoms with Crippen molar-refractivity contribution >= 4 is 5.84 Å². The molecule has 1 atom stereocenters. The van der Waals surface area contributed by atoms with Crippen molar-refractivity contribution in [3.8, 4) is 11.5 Å². The van der Waals surface area contributed by atoms with E-state index in [0.717, 1.165) is 5.56 Å². The molecule has 0 bridgehead atoms. The number of amidine groups is 1. The number of para-hydroxylation sites is 1. The van der Waals surface area contributed by atoms with Crippen molar-refractivity contribution in [3.63, 3.8) is 0 Å². The Bertz CT molecular complexity index is 766. The molecule has 2 heterocycles. The van der Waals surface area contributed by atoms with Crippen LogP contribution in [-0.2, 0) is 11.3 Å². The van der Waals surface area contributed by atoms with Crippen LogP contribution in [0.1, 0.15) is 5.56 Å². The molecular formula is C18H17FN2O3. The summed E-state index contributed by atoms with van der Waals surface area (Å²) in [6.07, 6.45) is 0. The number of hydrogen-bond donors (Lipinski definition) is 1. The third kappa shape index (κ3) is 2.69. The molecule has 4 rings (SSSR count). The molecule has 0 spiro atoms. The molecule has 1 unspecified atom stereocenters. The van der Waals surface area contributed by atoms with E-state index in [4.69, 9.17) is 14.2 Å². The molecule has 0 aromatic heterocycles. The molecule has 0 saturated heterocycles. The first-order valence-corrected chi connectivity index (χ1v) is 7.84. The number of nitrogens with zero attached hydrogens (tertiary/aromatic N) is 1. The number of halogens is 1. The summed E-state index contributed by atoms with van der Waals surface area (Å²) in [5, 5.41) is 3.18. The molecule has 0 radical (unpaired) electrons. The average Bonchev–Trinajstić information content (AvgIpc) is 3.16. The van der Waals surface area contributed by atoms with Gasteiger partial charge in [0.15, 0.2) is 29.8 Å². The minimum atomic E-state index is -1.20. The Balaban J connectivity index is 1.63. The average molecular weight is 328 g/mol. The van der Waals surface area contributed by atoms with E-state index in [9.17, 15) is 4.39 Å². The Hall–Kier alpha value is -2.60. The van der Waals surface area contributed by atoms with Crippen LogP contribution in [0.2, 0.25) is 0 Å². The summed E-state index contributed by atoms with van der Waals surface area (Å²) in [5.74, 6) is -0.660. The van der Waals surface area contributed by atoms with E-state index in [1.54, 1.807) is 12.1 Å². The second-order valence-corrected chi connectivity index (χ2v) is 5.64. The van der Waals surface area contributed by atoms with Crippen LogP contribution in [0.4, 0.5) is 4.39 Å². The maximum absolute atomic E-state index is 13.9. The molecule has 0 saturated carbocycles. The summed E-state index contributed by atoms with van der Waals surface area (Å²) in [7, 11) is 0. The first-order chi connectivity index (χ1) is 11.8. The van der Waals surface area contributed by atoms with Gasteiger partial charge in [0, 0.05) is 6.54 Å². The van der Waals surface area contributed by atoms with E-state index in [0.29, 0.717) is 31.3 Å². The van der Waals surface area contributed by atoms with Crippen LogP contribution in [0.3, 0.4) is 0 Å². The van der Waals surface area contributed by atoms with Crippen molar-refractivity contribution in [2.45, 2.75) is 12.4 Å². The quantitative estimate of drug-likeness (QED) is 0.937. The molecule has 124 valence electrons. The van der Waals surface area contributed by atoms with Crippen molar-refractivity contribution in [3.05, 3.63) is 59.9 Å². The number of hydrogen-bond acceptors (Lipinski definition) is 5. The molecule has 2 aliphatic rings. The number of benzene rings is 2. The fourth-order valence-electron chi connectivity index (χ4n) is 2.77. The van der Waals surface area contributed by atoms with Crippen LogP contribution in [0.5, 0.6) is 11.5 Å². The van der Waals surface area contributed by atoms with Gasteiger partial charge >= 0.3 is 5.79 Å². The normalized spacial score (nSPS) is 22.0. The molecule has 2 aromatic rings. The van der Waals surface area contributed by atoms with E-state index >= 15 is 0 Å². The predicted molar refractivity (Wildman–Crippen MR) is 86.8 cm³/mol. The second kappa shape index (κ2) is 6.13. The first-order valence-electron chi connectivity index (χ1n) is 7.84. The van der Waals surface area contributed by atoms with Gasteiger partial charge in [0.1, 0.15) is 0 Å². The summed E-state index contributed by atoms with van der Waals surface area (Å²) in [5.41, 5.74) is 1.00. The number of aliphatic imine (C=N–C) groups is 1. The third-order valence-electron chi connectivity index (χ3n) is 3.96. The smallest absolute Gasteiger partial charge is 0.304 e. The summed E-state index contributed by atoms with van der Waals surface area (Å²) in [6, 6.07) is 14.3. The van der Waals surface area contributed by atoms with Gasteiger partial charge in [0.2, 0.25) is 0 Å². The van der Waals surface area contributed by atoms with E-state index in [2.05, 4.69) is 10.3 Å². The van der Waals surface area contributed by atoms with Crippen LogP contribution in [0.25, 0.3) is 0 Å². The fraction of sp³-hybridized carbons (Fsp3) is 0.278. The molecule has 5 nitrogen and oxygen atoms in total. The lowest BCUT2D eigenvalue weighted by molar-refractivity contribution is -0.172. The van der Waals surface area contributed by atoms with E-state index < -0.39 is 11.6 Å². The molecule has 0 fully saturated rings. The van der Waals surface area contributed by atoms with Gasteiger partial charge in [-0.3, -0.25) is 4.99 Å². The molecule has 2 aromatic carbocycles. The SMILES string of the molecule is Fc1cccc2c1OCC(OCc1ccccc1)(C1=NCCN1)O2. The number of ether oxygens (including phenoxy) is 3. The summed E-state index contributed by atoms with van der Waals surface area (Å²) in [6.45, 7) is 1.71. The van der Waals surface area contributed by atoms with Gasteiger partial charge < -0.3 is 19.5 Å². The Morgan fingerprint density at radius 3 is 2.83 bits per heavy atom.